The Labute approximate surface area is 189 Å². The number of hydrogen-bond donors (Lipinski definition) is 1. The fraction of sp³-hybridized carbons (Fsp3) is 0.435. The maximum Gasteiger partial charge on any atom is 0.433 e. The Morgan fingerprint density at radius 1 is 1.18 bits per heavy atom. The number of alkyl halides is 3. The van der Waals surface area contributed by atoms with E-state index in [1.54, 1.807) is 38.1 Å². The second-order valence-electron chi connectivity index (χ2n) is 8.39. The Morgan fingerprint density at radius 3 is 2.64 bits per heavy atom. The number of para-hydroxylation sites is 1. The highest BCUT2D eigenvalue weighted by Gasteiger charge is 2.34. The molecule has 0 radical (unpaired) electrons. The number of hydrogen-bond acceptors (Lipinski definition) is 6. The number of halogens is 3. The zero-order chi connectivity index (χ0) is 23.8. The highest BCUT2D eigenvalue weighted by molar-refractivity contribution is 5.77. The van der Waals surface area contributed by atoms with Gasteiger partial charge in [0.15, 0.2) is 11.6 Å². The summed E-state index contributed by atoms with van der Waals surface area (Å²) in [5.74, 6) is 0.194. The molecule has 1 N–H and O–H groups in total. The highest BCUT2D eigenvalue weighted by atomic mass is 19.4. The third-order valence-corrected chi connectivity index (χ3v) is 5.53. The number of rotatable bonds is 5. The van der Waals surface area contributed by atoms with Gasteiger partial charge < -0.3 is 10.1 Å². The molecule has 0 bridgehead atoms. The third kappa shape index (κ3) is 4.86. The SMILES string of the molecule is CC(C)Oc1ccc(C(F)(F)F)nc1-n1c(CN2CCNC[C@@H]2C)nc2ccccc2c1=O. The number of nitrogens with zero attached hydrogens (tertiary/aromatic N) is 4. The highest BCUT2D eigenvalue weighted by Crippen LogP contribution is 2.32. The molecule has 3 heterocycles. The zero-order valence-corrected chi connectivity index (χ0v) is 18.7. The van der Waals surface area contributed by atoms with Gasteiger partial charge in [0.25, 0.3) is 5.56 Å². The van der Waals surface area contributed by atoms with Crippen LogP contribution in [-0.2, 0) is 12.7 Å². The van der Waals surface area contributed by atoms with E-state index in [0.29, 0.717) is 16.7 Å². The Bertz CT molecular complexity index is 1210. The molecule has 1 saturated heterocycles. The monoisotopic (exact) mass is 461 g/mol. The minimum atomic E-state index is -4.67. The standard InChI is InChI=1S/C23H26F3N5O2/c1-14(2)33-18-8-9-19(23(24,25)26)29-21(18)31-20(13-30-11-10-27-12-15(30)3)28-17-7-5-4-6-16(17)22(31)32/h4-9,14-15,27H,10-13H2,1-3H3/t15-/m0/s1. The van der Waals surface area contributed by atoms with Crippen LogP contribution in [-0.4, -0.2) is 51.2 Å². The van der Waals surface area contributed by atoms with E-state index >= 15 is 0 Å². The van der Waals surface area contributed by atoms with Crippen molar-refractivity contribution in [3.05, 3.63) is 58.3 Å². The van der Waals surface area contributed by atoms with Gasteiger partial charge in [0.2, 0.25) is 0 Å². The molecule has 1 atom stereocenters. The van der Waals surface area contributed by atoms with Gasteiger partial charge in [-0.2, -0.15) is 13.2 Å². The summed E-state index contributed by atoms with van der Waals surface area (Å²) in [7, 11) is 0. The average Bonchev–Trinajstić information content (AvgIpc) is 2.75. The molecular weight excluding hydrogens is 435 g/mol. The van der Waals surface area contributed by atoms with Crippen molar-refractivity contribution in [2.75, 3.05) is 19.6 Å². The van der Waals surface area contributed by atoms with Crippen LogP contribution in [0.15, 0.2) is 41.2 Å². The Hall–Kier alpha value is -2.98. The smallest absolute Gasteiger partial charge is 0.433 e. The molecule has 2 aromatic heterocycles. The van der Waals surface area contributed by atoms with E-state index in [0.717, 1.165) is 25.7 Å². The molecule has 176 valence electrons. The molecule has 10 heteroatoms. The zero-order valence-electron chi connectivity index (χ0n) is 18.7. The fourth-order valence-electron chi connectivity index (χ4n) is 3.90. The summed E-state index contributed by atoms with van der Waals surface area (Å²) in [5, 5.41) is 3.60. The van der Waals surface area contributed by atoms with Gasteiger partial charge >= 0.3 is 6.18 Å². The quantitative estimate of drug-likeness (QED) is 0.628. The fourth-order valence-corrected chi connectivity index (χ4v) is 3.90. The van der Waals surface area contributed by atoms with Crippen molar-refractivity contribution in [3.63, 3.8) is 0 Å². The minimum Gasteiger partial charge on any atom is -0.487 e. The maximum atomic E-state index is 13.6. The topological polar surface area (TPSA) is 72.3 Å². The molecule has 1 aliphatic heterocycles. The third-order valence-electron chi connectivity index (χ3n) is 5.53. The molecule has 1 aromatic carbocycles. The number of pyridine rings is 1. The molecule has 0 unspecified atom stereocenters. The maximum absolute atomic E-state index is 13.6. The second kappa shape index (κ2) is 9.11. The Kier molecular flexibility index (Phi) is 6.40. The number of ether oxygens (including phenoxy) is 1. The van der Waals surface area contributed by atoms with Gasteiger partial charge in [-0.15, -0.1) is 0 Å². The molecule has 0 amide bonds. The van der Waals surface area contributed by atoms with Gasteiger partial charge in [-0.25, -0.2) is 14.5 Å². The van der Waals surface area contributed by atoms with Gasteiger partial charge in [0.1, 0.15) is 11.5 Å². The van der Waals surface area contributed by atoms with Crippen molar-refractivity contribution in [3.8, 4) is 11.6 Å². The summed E-state index contributed by atoms with van der Waals surface area (Å²) in [6.07, 6.45) is -5.00. The van der Waals surface area contributed by atoms with Crippen LogP contribution in [0.1, 0.15) is 32.3 Å². The lowest BCUT2D eigenvalue weighted by Gasteiger charge is -2.34. The summed E-state index contributed by atoms with van der Waals surface area (Å²) < 4.78 is 47.5. The van der Waals surface area contributed by atoms with Crippen LogP contribution < -0.4 is 15.6 Å². The van der Waals surface area contributed by atoms with Crippen LogP contribution in [0.5, 0.6) is 5.75 Å². The first kappa shape index (κ1) is 23.2. The summed E-state index contributed by atoms with van der Waals surface area (Å²) >= 11 is 0. The molecule has 4 rings (SSSR count). The summed E-state index contributed by atoms with van der Waals surface area (Å²) in [5.41, 5.74) is -1.11. The lowest BCUT2D eigenvalue weighted by atomic mass is 10.2. The predicted octanol–water partition coefficient (Wildman–Crippen LogP) is 3.38. The molecule has 1 fully saturated rings. The van der Waals surface area contributed by atoms with Crippen molar-refractivity contribution in [1.82, 2.24) is 24.8 Å². The molecule has 33 heavy (non-hydrogen) atoms. The van der Waals surface area contributed by atoms with Crippen molar-refractivity contribution >= 4 is 10.9 Å². The van der Waals surface area contributed by atoms with Crippen molar-refractivity contribution in [2.45, 2.75) is 45.6 Å². The lowest BCUT2D eigenvalue weighted by Crippen LogP contribution is -2.49. The number of fused-ring (bicyclic) bond motifs is 1. The van der Waals surface area contributed by atoms with Crippen LogP contribution in [0.4, 0.5) is 13.2 Å². The minimum absolute atomic E-state index is 0.0896. The van der Waals surface area contributed by atoms with E-state index in [1.165, 1.54) is 10.6 Å². The molecule has 3 aromatic rings. The number of benzene rings is 1. The van der Waals surface area contributed by atoms with Crippen molar-refractivity contribution in [1.29, 1.82) is 0 Å². The number of aromatic nitrogens is 3. The first-order valence-corrected chi connectivity index (χ1v) is 10.9. The van der Waals surface area contributed by atoms with Gasteiger partial charge in [-0.1, -0.05) is 12.1 Å². The first-order valence-electron chi connectivity index (χ1n) is 10.9. The van der Waals surface area contributed by atoms with E-state index < -0.39 is 17.4 Å². The van der Waals surface area contributed by atoms with Crippen LogP contribution >= 0.6 is 0 Å². The van der Waals surface area contributed by atoms with E-state index in [4.69, 9.17) is 4.74 Å². The van der Waals surface area contributed by atoms with Gasteiger partial charge in [-0.05, 0) is 45.0 Å². The summed E-state index contributed by atoms with van der Waals surface area (Å²) in [4.78, 5) is 24.3. The van der Waals surface area contributed by atoms with Crippen LogP contribution in [0.25, 0.3) is 16.7 Å². The van der Waals surface area contributed by atoms with Crippen LogP contribution in [0, 0.1) is 0 Å². The molecular formula is C23H26F3N5O2. The van der Waals surface area contributed by atoms with Crippen LogP contribution in [0.3, 0.4) is 0 Å². The van der Waals surface area contributed by atoms with Gasteiger partial charge in [0, 0.05) is 25.7 Å². The lowest BCUT2D eigenvalue weighted by molar-refractivity contribution is -0.141. The number of piperazine rings is 1. The van der Waals surface area contributed by atoms with E-state index in [1.807, 2.05) is 6.92 Å². The average molecular weight is 461 g/mol. The predicted molar refractivity (Wildman–Crippen MR) is 119 cm³/mol. The van der Waals surface area contributed by atoms with Crippen molar-refractivity contribution in [2.24, 2.45) is 0 Å². The molecule has 1 aliphatic rings. The van der Waals surface area contributed by atoms with Crippen molar-refractivity contribution < 1.29 is 17.9 Å². The van der Waals surface area contributed by atoms with Gasteiger partial charge in [-0.3, -0.25) is 9.69 Å². The molecule has 7 nitrogen and oxygen atoms in total. The normalized spacial score (nSPS) is 17.6. The Morgan fingerprint density at radius 2 is 1.94 bits per heavy atom. The molecule has 0 saturated carbocycles. The molecule has 0 aliphatic carbocycles. The van der Waals surface area contributed by atoms with Crippen LogP contribution in [0.2, 0.25) is 0 Å². The van der Waals surface area contributed by atoms with E-state index in [9.17, 15) is 18.0 Å². The molecule has 0 spiro atoms. The van der Waals surface area contributed by atoms with Gasteiger partial charge in [0.05, 0.1) is 23.6 Å². The second-order valence-corrected chi connectivity index (χ2v) is 8.39. The largest absolute Gasteiger partial charge is 0.487 e. The Balaban J connectivity index is 1.97. The first-order chi connectivity index (χ1) is 15.6. The van der Waals surface area contributed by atoms with E-state index in [-0.39, 0.29) is 30.3 Å². The summed E-state index contributed by atoms with van der Waals surface area (Å²) in [6, 6.07) is 9.02. The van der Waals surface area contributed by atoms with E-state index in [2.05, 4.69) is 20.2 Å². The number of nitrogens with one attached hydrogen (secondary N) is 1. The summed E-state index contributed by atoms with van der Waals surface area (Å²) in [6.45, 7) is 8.09.